The van der Waals surface area contributed by atoms with E-state index < -0.39 is 10.0 Å². The molecule has 3 rings (SSSR count). The van der Waals surface area contributed by atoms with Gasteiger partial charge in [0.15, 0.2) is 0 Å². The lowest BCUT2D eigenvalue weighted by molar-refractivity contribution is -0.113. The van der Waals surface area contributed by atoms with Crippen LogP contribution in [0.15, 0.2) is 52.3 Å². The number of anilines is 1. The number of sulfonamides is 1. The molecule has 2 aromatic rings. The molecule has 7 heteroatoms. The summed E-state index contributed by atoms with van der Waals surface area (Å²) >= 11 is 1.48. The van der Waals surface area contributed by atoms with Gasteiger partial charge in [-0.15, -0.1) is 11.8 Å². The van der Waals surface area contributed by atoms with Crippen LogP contribution in [0.4, 0.5) is 5.69 Å². The molecule has 1 aliphatic heterocycles. The van der Waals surface area contributed by atoms with Crippen molar-refractivity contribution < 1.29 is 13.2 Å². The lowest BCUT2D eigenvalue weighted by atomic mass is 10.1. The molecule has 0 aliphatic carbocycles. The second kappa shape index (κ2) is 8.46. The first-order valence-electron chi connectivity index (χ1n) is 8.96. The highest BCUT2D eigenvalue weighted by atomic mass is 32.2. The number of hydrogen-bond acceptors (Lipinski definition) is 4. The largest absolute Gasteiger partial charge is 0.325 e. The minimum atomic E-state index is -3.42. The van der Waals surface area contributed by atoms with Crippen molar-refractivity contribution in [2.24, 2.45) is 0 Å². The summed E-state index contributed by atoms with van der Waals surface area (Å²) in [4.78, 5) is 13.5. The zero-order valence-electron chi connectivity index (χ0n) is 15.6. The summed E-state index contributed by atoms with van der Waals surface area (Å²) in [6.07, 6.45) is 1.82. The zero-order valence-corrected chi connectivity index (χ0v) is 17.2. The van der Waals surface area contributed by atoms with Gasteiger partial charge in [-0.2, -0.15) is 4.31 Å². The van der Waals surface area contributed by atoms with E-state index in [0.717, 1.165) is 17.7 Å². The van der Waals surface area contributed by atoms with Crippen LogP contribution in [-0.4, -0.2) is 37.5 Å². The van der Waals surface area contributed by atoms with Crippen molar-refractivity contribution in [1.82, 2.24) is 4.31 Å². The van der Waals surface area contributed by atoms with Crippen LogP contribution in [0.1, 0.15) is 24.0 Å². The van der Waals surface area contributed by atoms with Gasteiger partial charge in [0.25, 0.3) is 0 Å². The molecule has 1 saturated heterocycles. The Morgan fingerprint density at radius 1 is 1.04 bits per heavy atom. The van der Waals surface area contributed by atoms with E-state index in [9.17, 15) is 13.2 Å². The van der Waals surface area contributed by atoms with E-state index in [1.54, 1.807) is 24.3 Å². The molecule has 27 heavy (non-hydrogen) atoms. The molecule has 144 valence electrons. The van der Waals surface area contributed by atoms with Gasteiger partial charge in [-0.25, -0.2) is 8.42 Å². The van der Waals surface area contributed by atoms with Crippen LogP contribution in [-0.2, 0) is 14.8 Å². The number of rotatable bonds is 6. The van der Waals surface area contributed by atoms with Crippen LogP contribution in [0.2, 0.25) is 0 Å². The molecule has 0 spiro atoms. The Balaban J connectivity index is 1.57. The smallest absolute Gasteiger partial charge is 0.243 e. The van der Waals surface area contributed by atoms with Crippen molar-refractivity contribution in [3.8, 4) is 0 Å². The van der Waals surface area contributed by atoms with Crippen LogP contribution < -0.4 is 5.32 Å². The SMILES string of the molecule is Cc1ccc(SCC(=O)Nc2ccc(S(=O)(=O)N3CCCC3)cc2)cc1C. The van der Waals surface area contributed by atoms with Crippen LogP contribution in [0.5, 0.6) is 0 Å². The Morgan fingerprint density at radius 2 is 1.70 bits per heavy atom. The molecule has 1 N–H and O–H groups in total. The summed E-state index contributed by atoms with van der Waals surface area (Å²) in [6, 6.07) is 12.5. The first kappa shape index (κ1) is 19.9. The monoisotopic (exact) mass is 404 g/mol. The highest BCUT2D eigenvalue weighted by Gasteiger charge is 2.26. The number of thioether (sulfide) groups is 1. The summed E-state index contributed by atoms with van der Waals surface area (Å²) in [7, 11) is -3.42. The first-order chi connectivity index (χ1) is 12.9. The Kier molecular flexibility index (Phi) is 6.24. The maximum Gasteiger partial charge on any atom is 0.243 e. The standard InChI is InChI=1S/C20H24N2O3S2/c1-15-5-8-18(13-16(15)2)26-14-20(23)21-17-6-9-19(10-7-17)27(24,25)22-11-3-4-12-22/h5-10,13H,3-4,11-12,14H2,1-2H3,(H,21,23). The van der Waals surface area contributed by atoms with Crippen molar-refractivity contribution in [2.75, 3.05) is 24.2 Å². The number of carbonyl (C=O) groups is 1. The molecule has 0 aromatic heterocycles. The van der Waals surface area contributed by atoms with Crippen molar-refractivity contribution in [3.63, 3.8) is 0 Å². The van der Waals surface area contributed by atoms with Crippen LogP contribution in [0, 0.1) is 13.8 Å². The lowest BCUT2D eigenvalue weighted by Gasteiger charge is -2.15. The summed E-state index contributed by atoms with van der Waals surface area (Å²) in [5.74, 6) is 0.185. The Bertz CT molecular complexity index is 919. The van der Waals surface area contributed by atoms with Gasteiger partial charge >= 0.3 is 0 Å². The molecule has 0 saturated carbocycles. The van der Waals surface area contributed by atoms with E-state index in [4.69, 9.17) is 0 Å². The van der Waals surface area contributed by atoms with E-state index in [2.05, 4.69) is 31.3 Å². The van der Waals surface area contributed by atoms with Crippen LogP contribution in [0.25, 0.3) is 0 Å². The third-order valence-electron chi connectivity index (χ3n) is 4.69. The van der Waals surface area contributed by atoms with E-state index >= 15 is 0 Å². The van der Waals surface area contributed by atoms with Crippen LogP contribution in [0.3, 0.4) is 0 Å². The van der Waals surface area contributed by atoms with E-state index in [1.165, 1.54) is 27.2 Å². The number of carbonyl (C=O) groups excluding carboxylic acids is 1. The summed E-state index contributed by atoms with van der Waals surface area (Å²) in [5, 5.41) is 2.82. The minimum Gasteiger partial charge on any atom is -0.325 e. The highest BCUT2D eigenvalue weighted by Crippen LogP contribution is 2.23. The second-order valence-electron chi connectivity index (χ2n) is 6.72. The number of nitrogens with one attached hydrogen (secondary N) is 1. The van der Waals surface area contributed by atoms with Gasteiger partial charge in [-0.1, -0.05) is 6.07 Å². The summed E-state index contributed by atoms with van der Waals surface area (Å²) in [5.41, 5.74) is 3.03. The molecule has 5 nitrogen and oxygen atoms in total. The minimum absolute atomic E-state index is 0.117. The molecule has 1 heterocycles. The van der Waals surface area contributed by atoms with E-state index in [-0.39, 0.29) is 10.8 Å². The molecule has 2 aromatic carbocycles. The third-order valence-corrected chi connectivity index (χ3v) is 7.60. The Hall–Kier alpha value is -1.83. The number of aryl methyl sites for hydroxylation is 2. The summed E-state index contributed by atoms with van der Waals surface area (Å²) in [6.45, 7) is 5.27. The highest BCUT2D eigenvalue weighted by molar-refractivity contribution is 8.00. The average Bonchev–Trinajstić information content (AvgIpc) is 3.19. The molecule has 1 amide bonds. The number of amides is 1. The van der Waals surface area contributed by atoms with Gasteiger partial charge in [-0.05, 0) is 74.2 Å². The molecular formula is C20H24N2O3S2. The van der Waals surface area contributed by atoms with Gasteiger partial charge in [0, 0.05) is 23.7 Å². The fourth-order valence-electron chi connectivity index (χ4n) is 2.94. The van der Waals surface area contributed by atoms with Crippen LogP contribution >= 0.6 is 11.8 Å². The van der Waals surface area contributed by atoms with Gasteiger partial charge in [0.1, 0.15) is 0 Å². The molecule has 0 radical (unpaired) electrons. The lowest BCUT2D eigenvalue weighted by Crippen LogP contribution is -2.27. The Morgan fingerprint density at radius 3 is 2.33 bits per heavy atom. The van der Waals surface area contributed by atoms with Gasteiger partial charge in [0.2, 0.25) is 15.9 Å². The summed E-state index contributed by atoms with van der Waals surface area (Å²) < 4.78 is 26.5. The number of benzene rings is 2. The molecule has 1 aliphatic rings. The van der Waals surface area contributed by atoms with E-state index in [0.29, 0.717) is 24.5 Å². The molecule has 0 bridgehead atoms. The zero-order chi connectivity index (χ0) is 19.4. The maximum atomic E-state index is 12.5. The topological polar surface area (TPSA) is 66.5 Å². The van der Waals surface area contributed by atoms with Crippen molar-refractivity contribution in [2.45, 2.75) is 36.5 Å². The number of hydrogen-bond donors (Lipinski definition) is 1. The quantitative estimate of drug-likeness (QED) is 0.744. The van der Waals surface area contributed by atoms with E-state index in [1.807, 2.05) is 6.07 Å². The molecule has 0 atom stereocenters. The normalized spacial score (nSPS) is 15.0. The second-order valence-corrected chi connectivity index (χ2v) is 9.71. The predicted molar refractivity (Wildman–Crippen MR) is 110 cm³/mol. The Labute approximate surface area is 165 Å². The average molecular weight is 405 g/mol. The predicted octanol–water partition coefficient (Wildman–Crippen LogP) is 3.82. The van der Waals surface area contributed by atoms with Gasteiger partial charge in [0.05, 0.1) is 10.6 Å². The molecule has 0 unspecified atom stereocenters. The number of nitrogens with zero attached hydrogens (tertiary/aromatic N) is 1. The third kappa shape index (κ3) is 4.91. The van der Waals surface area contributed by atoms with Gasteiger partial charge < -0.3 is 5.32 Å². The maximum absolute atomic E-state index is 12.5. The van der Waals surface area contributed by atoms with Crippen molar-refractivity contribution in [3.05, 3.63) is 53.6 Å². The van der Waals surface area contributed by atoms with Crippen molar-refractivity contribution >= 4 is 33.4 Å². The van der Waals surface area contributed by atoms with Gasteiger partial charge in [-0.3, -0.25) is 4.79 Å². The van der Waals surface area contributed by atoms with Crippen molar-refractivity contribution in [1.29, 1.82) is 0 Å². The fraction of sp³-hybridized carbons (Fsp3) is 0.350. The first-order valence-corrected chi connectivity index (χ1v) is 11.4. The molecular weight excluding hydrogens is 380 g/mol. The fourth-order valence-corrected chi connectivity index (χ4v) is 5.25. The molecule has 1 fully saturated rings.